The number of nitrogens with zero attached hydrogens (tertiary/aromatic N) is 2. The third-order valence-corrected chi connectivity index (χ3v) is 6.65. The van der Waals surface area contributed by atoms with Gasteiger partial charge in [-0.15, -0.1) is 0 Å². The van der Waals surface area contributed by atoms with E-state index in [0.717, 1.165) is 62.0 Å². The highest BCUT2D eigenvalue weighted by Crippen LogP contribution is 2.38. The lowest BCUT2D eigenvalue weighted by Gasteiger charge is -2.40. The Morgan fingerprint density at radius 2 is 2.04 bits per heavy atom. The van der Waals surface area contributed by atoms with E-state index in [2.05, 4.69) is 9.88 Å². The Balaban J connectivity index is 1.28. The number of nitrogens with one attached hydrogen (secondary N) is 1. The number of aromatic amines is 1. The average Bonchev–Trinajstić information content (AvgIpc) is 3.42. The summed E-state index contributed by atoms with van der Waals surface area (Å²) >= 11 is 0. The van der Waals surface area contributed by atoms with E-state index >= 15 is 0 Å². The third kappa shape index (κ3) is 3.27. The fraction of sp³-hybridized carbons (Fsp3) is 0.591. The quantitative estimate of drug-likeness (QED) is 0.906. The van der Waals surface area contributed by atoms with E-state index in [1.807, 2.05) is 35.4 Å². The van der Waals surface area contributed by atoms with Crippen LogP contribution in [0.5, 0.6) is 0 Å². The Labute approximate surface area is 160 Å². The van der Waals surface area contributed by atoms with Gasteiger partial charge in [-0.2, -0.15) is 0 Å². The molecule has 3 aliphatic heterocycles. The predicted octanol–water partition coefficient (Wildman–Crippen LogP) is 3.28. The van der Waals surface area contributed by atoms with Gasteiger partial charge >= 0.3 is 0 Å². The zero-order valence-electron chi connectivity index (χ0n) is 16.0. The number of amides is 1. The maximum atomic E-state index is 13.2. The molecule has 3 fully saturated rings. The maximum absolute atomic E-state index is 13.2. The molecule has 3 saturated heterocycles. The number of aromatic nitrogens is 1. The number of para-hydroxylation sites is 1. The molecule has 5 heteroatoms. The highest BCUT2D eigenvalue weighted by atomic mass is 16.5. The molecular formula is C22H29N3O2. The van der Waals surface area contributed by atoms with Crippen molar-refractivity contribution >= 4 is 16.8 Å². The number of likely N-dealkylation sites (tertiary alicyclic amines) is 2. The Morgan fingerprint density at radius 1 is 1.19 bits per heavy atom. The second-order valence-corrected chi connectivity index (χ2v) is 8.65. The minimum Gasteiger partial charge on any atom is -0.373 e. The number of H-pyrrole nitrogens is 1. The Bertz CT molecular complexity index is 826. The van der Waals surface area contributed by atoms with Crippen LogP contribution in [-0.4, -0.2) is 65.6 Å². The van der Waals surface area contributed by atoms with E-state index in [4.69, 9.17) is 4.74 Å². The molecule has 1 aromatic carbocycles. The summed E-state index contributed by atoms with van der Waals surface area (Å²) in [6, 6.07) is 8.04. The Morgan fingerprint density at radius 3 is 2.93 bits per heavy atom. The number of rotatable bonds is 3. The molecule has 0 aliphatic carbocycles. The van der Waals surface area contributed by atoms with Crippen molar-refractivity contribution in [2.75, 3.05) is 39.3 Å². The van der Waals surface area contributed by atoms with Crippen LogP contribution in [0.1, 0.15) is 42.5 Å². The number of ether oxygens (including phenoxy) is 1. The maximum Gasteiger partial charge on any atom is 0.256 e. The molecule has 1 amide bonds. The molecule has 1 aromatic heterocycles. The molecule has 0 unspecified atom stereocenters. The molecular weight excluding hydrogens is 338 g/mol. The molecule has 4 heterocycles. The van der Waals surface area contributed by atoms with Crippen molar-refractivity contribution in [2.45, 2.75) is 37.7 Å². The third-order valence-electron chi connectivity index (χ3n) is 6.65. The molecule has 27 heavy (non-hydrogen) atoms. The second kappa shape index (κ2) is 6.95. The van der Waals surface area contributed by atoms with Crippen molar-refractivity contribution in [3.05, 3.63) is 36.0 Å². The molecule has 0 radical (unpaired) electrons. The molecule has 0 bridgehead atoms. The molecule has 5 rings (SSSR count). The molecule has 2 atom stereocenters. The largest absolute Gasteiger partial charge is 0.373 e. The first kappa shape index (κ1) is 17.3. The molecule has 3 aliphatic rings. The van der Waals surface area contributed by atoms with Gasteiger partial charge in [-0.25, -0.2) is 0 Å². The summed E-state index contributed by atoms with van der Waals surface area (Å²) < 4.78 is 6.36. The van der Waals surface area contributed by atoms with Gasteiger partial charge in [0.05, 0.1) is 17.8 Å². The van der Waals surface area contributed by atoms with Gasteiger partial charge in [-0.05, 0) is 57.2 Å². The van der Waals surface area contributed by atoms with Crippen LogP contribution >= 0.6 is 0 Å². The number of carbonyl (C=O) groups is 1. The highest BCUT2D eigenvalue weighted by Gasteiger charge is 2.45. The lowest BCUT2D eigenvalue weighted by atomic mass is 9.86. The molecule has 0 saturated carbocycles. The van der Waals surface area contributed by atoms with Gasteiger partial charge in [0.25, 0.3) is 5.91 Å². The molecule has 1 spiro atoms. The van der Waals surface area contributed by atoms with Gasteiger partial charge in [-0.1, -0.05) is 18.2 Å². The molecule has 144 valence electrons. The van der Waals surface area contributed by atoms with Crippen LogP contribution in [0.15, 0.2) is 30.5 Å². The molecule has 1 N–H and O–H groups in total. The molecule has 2 aromatic rings. The summed E-state index contributed by atoms with van der Waals surface area (Å²) in [6.07, 6.45) is 7.75. The van der Waals surface area contributed by atoms with Crippen molar-refractivity contribution in [1.29, 1.82) is 0 Å². The van der Waals surface area contributed by atoms with Gasteiger partial charge in [0.2, 0.25) is 0 Å². The SMILES string of the molecule is O=C(c1c[nH]c2ccccc12)N1CCC[C@@]2(C[C@H](CN3CCCC3)CO2)C1. The summed E-state index contributed by atoms with van der Waals surface area (Å²) in [6.45, 7) is 6.08. The number of hydrogen-bond acceptors (Lipinski definition) is 3. The van der Waals surface area contributed by atoms with Crippen molar-refractivity contribution < 1.29 is 9.53 Å². The fourth-order valence-corrected chi connectivity index (χ4v) is 5.36. The van der Waals surface area contributed by atoms with Crippen molar-refractivity contribution in [3.8, 4) is 0 Å². The number of fused-ring (bicyclic) bond motifs is 1. The topological polar surface area (TPSA) is 48.6 Å². The van der Waals surface area contributed by atoms with Crippen molar-refractivity contribution in [2.24, 2.45) is 5.92 Å². The number of hydrogen-bond donors (Lipinski definition) is 1. The number of benzene rings is 1. The van der Waals surface area contributed by atoms with Gasteiger partial charge < -0.3 is 19.5 Å². The second-order valence-electron chi connectivity index (χ2n) is 8.65. The first-order valence-electron chi connectivity index (χ1n) is 10.4. The number of piperidine rings is 1. The van der Waals surface area contributed by atoms with Crippen LogP contribution < -0.4 is 0 Å². The van der Waals surface area contributed by atoms with E-state index in [0.29, 0.717) is 5.92 Å². The van der Waals surface area contributed by atoms with E-state index < -0.39 is 0 Å². The Hall–Kier alpha value is -1.85. The minimum atomic E-state index is -0.121. The van der Waals surface area contributed by atoms with E-state index in [-0.39, 0.29) is 11.5 Å². The predicted molar refractivity (Wildman–Crippen MR) is 106 cm³/mol. The van der Waals surface area contributed by atoms with E-state index in [1.165, 1.54) is 25.9 Å². The van der Waals surface area contributed by atoms with Crippen LogP contribution in [0.25, 0.3) is 10.9 Å². The summed E-state index contributed by atoms with van der Waals surface area (Å²) in [7, 11) is 0. The minimum absolute atomic E-state index is 0.121. The summed E-state index contributed by atoms with van der Waals surface area (Å²) in [5.74, 6) is 0.754. The van der Waals surface area contributed by atoms with Crippen LogP contribution in [0.2, 0.25) is 0 Å². The van der Waals surface area contributed by atoms with Crippen molar-refractivity contribution in [1.82, 2.24) is 14.8 Å². The van der Waals surface area contributed by atoms with E-state index in [1.54, 1.807) is 0 Å². The first-order chi connectivity index (χ1) is 13.2. The first-order valence-corrected chi connectivity index (χ1v) is 10.4. The zero-order valence-corrected chi connectivity index (χ0v) is 16.0. The van der Waals surface area contributed by atoms with Crippen LogP contribution in [-0.2, 0) is 4.74 Å². The zero-order chi connectivity index (χ0) is 18.3. The summed E-state index contributed by atoms with van der Waals surface area (Å²) in [5.41, 5.74) is 1.69. The van der Waals surface area contributed by atoms with Crippen LogP contribution in [0.4, 0.5) is 0 Å². The fourth-order valence-electron chi connectivity index (χ4n) is 5.36. The van der Waals surface area contributed by atoms with Gasteiger partial charge in [0.1, 0.15) is 0 Å². The standard InChI is InChI=1S/C22H29N3O2/c26-21(19-13-23-20-7-2-1-6-18(19)20)25-11-5-8-22(16-25)12-17(15-27-22)14-24-9-3-4-10-24/h1-2,6-7,13,17,23H,3-5,8-12,14-16H2/t17-,22-/m1/s1. The smallest absolute Gasteiger partial charge is 0.256 e. The lowest BCUT2D eigenvalue weighted by Crippen LogP contribution is -2.50. The van der Waals surface area contributed by atoms with Crippen LogP contribution in [0, 0.1) is 5.92 Å². The summed E-state index contributed by atoms with van der Waals surface area (Å²) in [5, 5.41) is 1.02. The Kier molecular flexibility index (Phi) is 4.44. The van der Waals surface area contributed by atoms with Crippen LogP contribution in [0.3, 0.4) is 0 Å². The average molecular weight is 367 g/mol. The van der Waals surface area contributed by atoms with Gasteiger partial charge in [-0.3, -0.25) is 4.79 Å². The molecule has 5 nitrogen and oxygen atoms in total. The monoisotopic (exact) mass is 367 g/mol. The summed E-state index contributed by atoms with van der Waals surface area (Å²) in [4.78, 5) is 21.1. The lowest BCUT2D eigenvalue weighted by molar-refractivity contribution is -0.0450. The normalized spacial score (nSPS) is 29.2. The van der Waals surface area contributed by atoms with Gasteiger partial charge in [0, 0.05) is 36.7 Å². The highest BCUT2D eigenvalue weighted by molar-refractivity contribution is 6.06. The number of carbonyl (C=O) groups excluding carboxylic acids is 1. The van der Waals surface area contributed by atoms with E-state index in [9.17, 15) is 4.79 Å². The van der Waals surface area contributed by atoms with Crippen molar-refractivity contribution in [3.63, 3.8) is 0 Å². The van der Waals surface area contributed by atoms with Gasteiger partial charge in [0.15, 0.2) is 0 Å².